The summed E-state index contributed by atoms with van der Waals surface area (Å²) in [6.07, 6.45) is -0.775. The highest BCUT2D eigenvalue weighted by molar-refractivity contribution is 5.75. The van der Waals surface area contributed by atoms with E-state index in [1.165, 1.54) is 6.08 Å². The summed E-state index contributed by atoms with van der Waals surface area (Å²) in [7, 11) is 0. The van der Waals surface area contributed by atoms with Crippen molar-refractivity contribution in [2.75, 3.05) is 0 Å². The van der Waals surface area contributed by atoms with Crippen LogP contribution in [0.2, 0.25) is 0 Å². The molecule has 0 bridgehead atoms. The van der Waals surface area contributed by atoms with E-state index in [2.05, 4.69) is 0 Å². The van der Waals surface area contributed by atoms with Crippen LogP contribution in [0.25, 0.3) is 0 Å². The van der Waals surface area contributed by atoms with Crippen molar-refractivity contribution < 1.29 is 27.8 Å². The maximum absolute atomic E-state index is 13.4. The van der Waals surface area contributed by atoms with Crippen LogP contribution in [0, 0.1) is 23.2 Å². The fourth-order valence-corrected chi connectivity index (χ4v) is 3.95. The molecule has 2 aliphatic rings. The first-order valence-electron chi connectivity index (χ1n) is 8.75. The van der Waals surface area contributed by atoms with Gasteiger partial charge < -0.3 is 9.84 Å². The van der Waals surface area contributed by atoms with E-state index in [0.29, 0.717) is 12.8 Å². The lowest BCUT2D eigenvalue weighted by molar-refractivity contribution is -0.244. The van der Waals surface area contributed by atoms with Gasteiger partial charge in [-0.15, -0.1) is 0 Å². The molecule has 0 radical (unpaired) electrons. The molecular weight excluding hydrogens is 321 g/mol. The summed E-state index contributed by atoms with van der Waals surface area (Å²) in [6, 6.07) is 0. The van der Waals surface area contributed by atoms with Gasteiger partial charge in [0, 0.05) is 5.92 Å². The Morgan fingerprint density at radius 2 is 2.04 bits per heavy atom. The molecule has 138 valence electrons. The third-order valence-corrected chi connectivity index (χ3v) is 5.82. The van der Waals surface area contributed by atoms with Gasteiger partial charge in [-0.3, -0.25) is 4.79 Å². The Labute approximate surface area is 141 Å². The fourth-order valence-electron chi connectivity index (χ4n) is 3.95. The molecule has 6 atom stereocenters. The second kappa shape index (κ2) is 7.06. The predicted molar refractivity (Wildman–Crippen MR) is 84.1 cm³/mol. The van der Waals surface area contributed by atoms with Gasteiger partial charge in [-0.1, -0.05) is 38.8 Å². The second-order valence-corrected chi connectivity index (χ2v) is 7.43. The number of aliphatic hydroxyl groups excluding tert-OH is 1. The van der Waals surface area contributed by atoms with Crippen molar-refractivity contribution >= 4 is 5.97 Å². The number of carbonyl (C=O) groups excluding carboxylic acids is 1. The summed E-state index contributed by atoms with van der Waals surface area (Å²) in [5.74, 6) is -0.478. The Hall–Kier alpha value is -1.04. The monoisotopic (exact) mass is 348 g/mol. The Morgan fingerprint density at radius 3 is 2.62 bits per heavy atom. The number of hydrogen-bond donors (Lipinski definition) is 1. The molecule has 0 spiro atoms. The maximum atomic E-state index is 13.4. The van der Waals surface area contributed by atoms with Gasteiger partial charge in [-0.2, -0.15) is 13.2 Å². The van der Waals surface area contributed by atoms with Gasteiger partial charge in [0.2, 0.25) is 0 Å². The molecule has 1 aliphatic carbocycles. The molecule has 1 saturated carbocycles. The molecule has 1 saturated heterocycles. The Kier molecular flexibility index (Phi) is 5.68. The molecule has 24 heavy (non-hydrogen) atoms. The summed E-state index contributed by atoms with van der Waals surface area (Å²) in [6.45, 7) is 4.72. The number of aliphatic hydroxyl groups is 1. The van der Waals surface area contributed by atoms with Crippen LogP contribution in [0.3, 0.4) is 0 Å². The number of esters is 1. The average molecular weight is 348 g/mol. The predicted octanol–water partition coefficient (Wildman–Crippen LogP) is 4.25. The molecule has 0 aromatic carbocycles. The van der Waals surface area contributed by atoms with E-state index in [0.717, 1.165) is 19.8 Å². The number of halogens is 3. The molecule has 1 aliphatic heterocycles. The van der Waals surface area contributed by atoms with Gasteiger partial charge >= 0.3 is 12.1 Å². The zero-order chi connectivity index (χ0) is 18.1. The molecule has 0 aromatic rings. The first-order chi connectivity index (χ1) is 11.1. The van der Waals surface area contributed by atoms with Crippen LogP contribution in [0.1, 0.15) is 52.9 Å². The molecule has 2 rings (SSSR count). The van der Waals surface area contributed by atoms with E-state index < -0.39 is 17.7 Å². The van der Waals surface area contributed by atoms with Crippen LogP contribution in [0.15, 0.2) is 12.2 Å². The molecule has 1 heterocycles. The number of allylic oxidation sites excluding steroid dienone is 1. The van der Waals surface area contributed by atoms with Gasteiger partial charge in [0.05, 0.1) is 17.4 Å². The molecule has 6 heteroatoms. The van der Waals surface area contributed by atoms with Gasteiger partial charge in [-0.25, -0.2) is 0 Å². The van der Waals surface area contributed by atoms with Crippen LogP contribution in [0.5, 0.6) is 0 Å². The molecule has 2 fully saturated rings. The van der Waals surface area contributed by atoms with Crippen molar-refractivity contribution in [1.82, 2.24) is 0 Å². The molecule has 3 nitrogen and oxygen atoms in total. The number of hydrogen-bond acceptors (Lipinski definition) is 3. The summed E-state index contributed by atoms with van der Waals surface area (Å²) in [5, 5.41) is 10.2. The van der Waals surface area contributed by atoms with Crippen LogP contribution in [-0.4, -0.2) is 29.5 Å². The normalized spacial score (nSPS) is 34.2. The van der Waals surface area contributed by atoms with Crippen LogP contribution in [0.4, 0.5) is 13.2 Å². The number of rotatable bonds is 6. The van der Waals surface area contributed by atoms with Gasteiger partial charge in [0.1, 0.15) is 6.10 Å². The van der Waals surface area contributed by atoms with Crippen molar-refractivity contribution in [3.05, 3.63) is 12.2 Å². The topological polar surface area (TPSA) is 46.5 Å². The lowest BCUT2D eigenvalue weighted by Crippen LogP contribution is -2.44. The number of carbonyl (C=O) groups is 1. The van der Waals surface area contributed by atoms with Crippen LogP contribution >= 0.6 is 0 Å². The van der Waals surface area contributed by atoms with Gasteiger partial charge in [0.25, 0.3) is 0 Å². The minimum atomic E-state index is -4.47. The van der Waals surface area contributed by atoms with Crippen molar-refractivity contribution in [2.24, 2.45) is 23.2 Å². The zero-order valence-electron chi connectivity index (χ0n) is 14.5. The van der Waals surface area contributed by atoms with Crippen molar-refractivity contribution in [3.63, 3.8) is 0 Å². The highest BCUT2D eigenvalue weighted by atomic mass is 19.4. The highest BCUT2D eigenvalue weighted by Gasteiger charge is 2.54. The number of fused-ring (bicyclic) bond motifs is 1. The zero-order valence-corrected chi connectivity index (χ0v) is 14.5. The molecule has 0 aromatic heterocycles. The van der Waals surface area contributed by atoms with Crippen molar-refractivity contribution in [3.8, 4) is 0 Å². The van der Waals surface area contributed by atoms with Crippen LogP contribution in [-0.2, 0) is 9.53 Å². The van der Waals surface area contributed by atoms with Crippen molar-refractivity contribution in [1.29, 1.82) is 0 Å². The summed E-state index contributed by atoms with van der Waals surface area (Å²) in [4.78, 5) is 11.6. The lowest BCUT2D eigenvalue weighted by atomic mass is 9.77. The lowest BCUT2D eigenvalue weighted by Gasteiger charge is -2.35. The summed E-state index contributed by atoms with van der Waals surface area (Å²) < 4.78 is 45.6. The largest absolute Gasteiger partial charge is 0.462 e. The van der Waals surface area contributed by atoms with E-state index in [1.807, 2.05) is 6.92 Å². The standard InChI is InChI=1S/C18H27F3O3/c1-4-5-10-17(3,18(19,20)21)14(22)9-7-12-6-8-13-15(12)11(2)16(23)24-13/h7,9,11-15,22H,4-6,8,10H2,1-3H3/b9-7+. The van der Waals surface area contributed by atoms with E-state index in [9.17, 15) is 23.1 Å². The van der Waals surface area contributed by atoms with E-state index in [1.54, 1.807) is 13.0 Å². The van der Waals surface area contributed by atoms with E-state index >= 15 is 0 Å². The number of alkyl halides is 3. The Morgan fingerprint density at radius 1 is 1.38 bits per heavy atom. The third-order valence-electron chi connectivity index (χ3n) is 5.82. The second-order valence-electron chi connectivity index (χ2n) is 7.43. The SMILES string of the molecule is CCCCC(C)(C(O)/C=C/C1CCC2OC(=O)C(C)C12)C(F)(F)F. The van der Waals surface area contributed by atoms with Gasteiger partial charge in [-0.05, 0) is 32.1 Å². The van der Waals surface area contributed by atoms with E-state index in [4.69, 9.17) is 4.74 Å². The summed E-state index contributed by atoms with van der Waals surface area (Å²) >= 11 is 0. The number of ether oxygens (including phenoxy) is 1. The quantitative estimate of drug-likeness (QED) is 0.577. The van der Waals surface area contributed by atoms with Crippen molar-refractivity contribution in [2.45, 2.75) is 71.3 Å². The molecule has 0 amide bonds. The Bertz CT molecular complexity index is 488. The van der Waals surface area contributed by atoms with Gasteiger partial charge in [0.15, 0.2) is 0 Å². The first-order valence-corrected chi connectivity index (χ1v) is 8.75. The average Bonchev–Trinajstić information content (AvgIpc) is 3.02. The molecule has 1 N–H and O–H groups in total. The Balaban J connectivity index is 2.10. The third kappa shape index (κ3) is 3.48. The first kappa shape index (κ1) is 19.3. The number of unbranched alkanes of at least 4 members (excludes halogenated alkanes) is 1. The smallest absolute Gasteiger partial charge is 0.397 e. The maximum Gasteiger partial charge on any atom is 0.397 e. The van der Waals surface area contributed by atoms with E-state index in [-0.39, 0.29) is 36.2 Å². The molecular formula is C18H27F3O3. The minimum absolute atomic E-state index is 0.00809. The highest BCUT2D eigenvalue weighted by Crippen LogP contribution is 2.47. The fraction of sp³-hybridized carbons (Fsp3) is 0.833. The minimum Gasteiger partial charge on any atom is -0.462 e. The van der Waals surface area contributed by atoms with Crippen LogP contribution < -0.4 is 0 Å². The summed E-state index contributed by atoms with van der Waals surface area (Å²) in [5.41, 5.74) is -2.15. The molecule has 6 unspecified atom stereocenters.